The number of hydrogen-bond acceptors (Lipinski definition) is 2. The summed E-state index contributed by atoms with van der Waals surface area (Å²) in [5, 5.41) is 15.6. The molecule has 0 unspecified atom stereocenters. The zero-order valence-corrected chi connectivity index (χ0v) is 11.9. The van der Waals surface area contributed by atoms with Gasteiger partial charge in [-0.2, -0.15) is 0 Å². The van der Waals surface area contributed by atoms with E-state index < -0.39 is 0 Å². The third-order valence-corrected chi connectivity index (χ3v) is 3.31. The molecule has 1 atom stereocenters. The number of nitrogens with one attached hydrogen (secondary N) is 2. The smallest absolute Gasteiger partial charge is 0.319 e. The fourth-order valence-corrected chi connectivity index (χ4v) is 2.19. The van der Waals surface area contributed by atoms with E-state index in [9.17, 15) is 4.79 Å². The molecule has 5 heteroatoms. The molecule has 0 aliphatic rings. The number of amides is 2. The van der Waals surface area contributed by atoms with Gasteiger partial charge in [0.1, 0.15) is 0 Å². The number of aromatic nitrogens is 1. The molecular weight excluding hydrogens is 254 g/mol. The number of rotatable bonds is 5. The third kappa shape index (κ3) is 3.30. The summed E-state index contributed by atoms with van der Waals surface area (Å²) < 4.78 is 2.13. The number of carbonyl (C=O) groups excluding carboxylic acids is 1. The van der Waals surface area contributed by atoms with E-state index in [0.717, 1.165) is 23.1 Å². The second-order valence-corrected chi connectivity index (χ2v) is 4.89. The van der Waals surface area contributed by atoms with Crippen LogP contribution in [0.1, 0.15) is 20.3 Å². The monoisotopic (exact) mass is 275 g/mol. The second-order valence-electron chi connectivity index (χ2n) is 4.89. The summed E-state index contributed by atoms with van der Waals surface area (Å²) in [4.78, 5) is 11.8. The van der Waals surface area contributed by atoms with Gasteiger partial charge in [-0.05, 0) is 43.9 Å². The minimum Gasteiger partial charge on any atom is -0.396 e. The summed E-state index contributed by atoms with van der Waals surface area (Å²) in [7, 11) is 0. The van der Waals surface area contributed by atoms with Gasteiger partial charge in [-0.1, -0.05) is 6.07 Å². The number of fused-ring (bicyclic) bond motifs is 1. The molecule has 0 aliphatic carbocycles. The molecule has 0 radical (unpaired) electrons. The van der Waals surface area contributed by atoms with Gasteiger partial charge in [0.15, 0.2) is 0 Å². The lowest BCUT2D eigenvalue weighted by molar-refractivity contribution is 0.241. The van der Waals surface area contributed by atoms with E-state index in [0.29, 0.717) is 6.42 Å². The van der Waals surface area contributed by atoms with E-state index in [1.165, 1.54) is 0 Å². The minimum atomic E-state index is -0.250. The van der Waals surface area contributed by atoms with Crippen molar-refractivity contribution in [3.8, 4) is 0 Å². The standard InChI is InChI=1S/C15H21N3O2/c1-3-18-8-6-12-4-5-13(10-14(12)18)17-15(20)16-11(2)7-9-19/h4-6,8,10-11,19H,3,7,9H2,1-2H3,(H2,16,17,20)/t11-/m1/s1. The lowest BCUT2D eigenvalue weighted by Gasteiger charge is -2.13. The molecule has 5 nitrogen and oxygen atoms in total. The fraction of sp³-hybridized carbons (Fsp3) is 0.400. The number of anilines is 1. The number of hydrogen-bond donors (Lipinski definition) is 3. The van der Waals surface area contributed by atoms with Crippen molar-refractivity contribution in [1.82, 2.24) is 9.88 Å². The van der Waals surface area contributed by atoms with E-state index in [-0.39, 0.29) is 18.7 Å². The molecule has 2 aromatic rings. The lowest BCUT2D eigenvalue weighted by atomic mass is 10.2. The third-order valence-electron chi connectivity index (χ3n) is 3.31. The van der Waals surface area contributed by atoms with Gasteiger partial charge in [-0.15, -0.1) is 0 Å². The zero-order chi connectivity index (χ0) is 14.5. The maximum atomic E-state index is 11.8. The normalized spacial score (nSPS) is 12.3. The lowest BCUT2D eigenvalue weighted by Crippen LogP contribution is -2.36. The summed E-state index contributed by atoms with van der Waals surface area (Å²) in [6.07, 6.45) is 2.59. The topological polar surface area (TPSA) is 66.3 Å². The molecule has 1 aromatic carbocycles. The molecule has 2 rings (SSSR count). The molecule has 2 amide bonds. The molecule has 1 heterocycles. The van der Waals surface area contributed by atoms with E-state index in [2.05, 4.69) is 28.2 Å². The highest BCUT2D eigenvalue weighted by Gasteiger charge is 2.08. The molecule has 0 aliphatic heterocycles. The van der Waals surface area contributed by atoms with Gasteiger partial charge >= 0.3 is 6.03 Å². The van der Waals surface area contributed by atoms with Crippen molar-refractivity contribution in [2.75, 3.05) is 11.9 Å². The van der Waals surface area contributed by atoms with Crippen LogP contribution >= 0.6 is 0 Å². The average molecular weight is 275 g/mol. The predicted molar refractivity (Wildman–Crippen MR) is 80.9 cm³/mol. The molecule has 3 N–H and O–H groups in total. The molecular formula is C15H21N3O2. The second kappa shape index (κ2) is 6.43. The number of aryl methyl sites for hydroxylation is 1. The largest absolute Gasteiger partial charge is 0.396 e. The predicted octanol–water partition coefficient (Wildman–Crippen LogP) is 2.55. The molecule has 20 heavy (non-hydrogen) atoms. The van der Waals surface area contributed by atoms with E-state index >= 15 is 0 Å². The van der Waals surface area contributed by atoms with Crippen molar-refractivity contribution < 1.29 is 9.90 Å². The van der Waals surface area contributed by atoms with Gasteiger partial charge < -0.3 is 20.3 Å². The van der Waals surface area contributed by atoms with Gasteiger partial charge in [-0.25, -0.2) is 4.79 Å². The highest BCUT2D eigenvalue weighted by Crippen LogP contribution is 2.20. The van der Waals surface area contributed by atoms with Crippen LogP contribution in [-0.2, 0) is 6.54 Å². The number of nitrogens with zero attached hydrogens (tertiary/aromatic N) is 1. The molecule has 0 fully saturated rings. The number of aliphatic hydroxyl groups is 1. The van der Waals surface area contributed by atoms with Gasteiger partial charge in [-0.3, -0.25) is 0 Å². The van der Waals surface area contributed by atoms with Crippen LogP contribution < -0.4 is 10.6 Å². The first-order chi connectivity index (χ1) is 9.63. The first kappa shape index (κ1) is 14.4. The van der Waals surface area contributed by atoms with E-state index in [1.54, 1.807) is 0 Å². The van der Waals surface area contributed by atoms with Crippen LogP contribution in [0.2, 0.25) is 0 Å². The van der Waals surface area contributed by atoms with Crippen molar-refractivity contribution in [2.45, 2.75) is 32.9 Å². The van der Waals surface area contributed by atoms with Crippen LogP contribution in [0.15, 0.2) is 30.5 Å². The van der Waals surface area contributed by atoms with Gasteiger partial charge in [0, 0.05) is 31.1 Å². The van der Waals surface area contributed by atoms with Gasteiger partial charge in [0.2, 0.25) is 0 Å². The van der Waals surface area contributed by atoms with Gasteiger partial charge in [0.05, 0.1) is 5.52 Å². The number of carbonyl (C=O) groups is 1. The average Bonchev–Trinajstić information content (AvgIpc) is 2.81. The highest BCUT2D eigenvalue weighted by molar-refractivity contribution is 5.92. The maximum absolute atomic E-state index is 11.8. The Kier molecular flexibility index (Phi) is 4.63. The summed E-state index contributed by atoms with van der Waals surface area (Å²) in [6, 6.07) is 7.61. The van der Waals surface area contributed by atoms with Crippen LogP contribution in [0.25, 0.3) is 10.9 Å². The quantitative estimate of drug-likeness (QED) is 0.785. The first-order valence-electron chi connectivity index (χ1n) is 6.91. The number of benzene rings is 1. The van der Waals surface area contributed by atoms with Gasteiger partial charge in [0.25, 0.3) is 0 Å². The Morgan fingerprint density at radius 2 is 2.20 bits per heavy atom. The van der Waals surface area contributed by atoms with Crippen LogP contribution in [0.5, 0.6) is 0 Å². The Morgan fingerprint density at radius 1 is 1.40 bits per heavy atom. The highest BCUT2D eigenvalue weighted by atomic mass is 16.3. The Morgan fingerprint density at radius 3 is 2.90 bits per heavy atom. The number of urea groups is 1. The zero-order valence-electron chi connectivity index (χ0n) is 11.9. The fourth-order valence-electron chi connectivity index (χ4n) is 2.19. The Labute approximate surface area is 118 Å². The summed E-state index contributed by atoms with van der Waals surface area (Å²) in [5.41, 5.74) is 1.87. The van der Waals surface area contributed by atoms with E-state index in [4.69, 9.17) is 5.11 Å². The van der Waals surface area contributed by atoms with Crippen LogP contribution in [0.4, 0.5) is 10.5 Å². The van der Waals surface area contributed by atoms with Crippen molar-refractivity contribution in [1.29, 1.82) is 0 Å². The first-order valence-corrected chi connectivity index (χ1v) is 6.91. The molecule has 0 saturated heterocycles. The molecule has 0 saturated carbocycles. The summed E-state index contributed by atoms with van der Waals surface area (Å²) in [5.74, 6) is 0. The van der Waals surface area contributed by atoms with Crippen LogP contribution in [0, 0.1) is 0 Å². The summed E-state index contributed by atoms with van der Waals surface area (Å²) in [6.45, 7) is 4.91. The Balaban J connectivity index is 2.07. The minimum absolute atomic E-state index is 0.0526. The molecule has 1 aromatic heterocycles. The van der Waals surface area contributed by atoms with Crippen LogP contribution in [-0.4, -0.2) is 28.4 Å². The van der Waals surface area contributed by atoms with Crippen LogP contribution in [0.3, 0.4) is 0 Å². The van der Waals surface area contributed by atoms with Crippen molar-refractivity contribution in [3.05, 3.63) is 30.5 Å². The Hall–Kier alpha value is -2.01. The molecule has 108 valence electrons. The van der Waals surface area contributed by atoms with Crippen molar-refractivity contribution in [2.24, 2.45) is 0 Å². The SMILES string of the molecule is CCn1ccc2ccc(NC(=O)N[C@H](C)CCO)cc21. The maximum Gasteiger partial charge on any atom is 0.319 e. The Bertz CT molecular complexity index is 592. The molecule has 0 spiro atoms. The summed E-state index contributed by atoms with van der Waals surface area (Å²) >= 11 is 0. The number of aliphatic hydroxyl groups excluding tert-OH is 1. The molecule has 0 bridgehead atoms. The van der Waals surface area contributed by atoms with Crippen molar-refractivity contribution >= 4 is 22.6 Å². The van der Waals surface area contributed by atoms with E-state index in [1.807, 2.05) is 31.3 Å². The van der Waals surface area contributed by atoms with Crippen molar-refractivity contribution in [3.63, 3.8) is 0 Å².